The molecule has 3 N–H and O–H groups in total. The van der Waals surface area contributed by atoms with E-state index in [2.05, 4.69) is 4.98 Å². The van der Waals surface area contributed by atoms with Crippen molar-refractivity contribution in [1.29, 1.82) is 0 Å². The van der Waals surface area contributed by atoms with Gasteiger partial charge in [0.2, 0.25) is 0 Å². The van der Waals surface area contributed by atoms with Crippen LogP contribution in [0.3, 0.4) is 0 Å². The number of aromatic nitrogens is 1. The van der Waals surface area contributed by atoms with Crippen molar-refractivity contribution in [3.63, 3.8) is 0 Å². The van der Waals surface area contributed by atoms with Gasteiger partial charge in [-0.3, -0.25) is 4.79 Å². The lowest BCUT2D eigenvalue weighted by Gasteiger charge is -2.10. The highest BCUT2D eigenvalue weighted by Gasteiger charge is 2.15. The van der Waals surface area contributed by atoms with Crippen LogP contribution in [0.5, 0.6) is 11.5 Å². The van der Waals surface area contributed by atoms with Crippen LogP contribution in [0.4, 0.5) is 0 Å². The van der Waals surface area contributed by atoms with Crippen molar-refractivity contribution in [2.45, 2.75) is 0 Å². The Kier molecular flexibility index (Phi) is 3.24. The molecule has 76 valence electrons. The third kappa shape index (κ3) is 1.91. The summed E-state index contributed by atoms with van der Waals surface area (Å²) in [6, 6.07) is 1.50. The van der Waals surface area contributed by atoms with E-state index in [0.29, 0.717) is 5.75 Å². The number of hydrogen-bond acceptors (Lipinski definition) is 5. The lowest BCUT2D eigenvalue weighted by molar-refractivity contribution is 0.0891. The zero-order valence-corrected chi connectivity index (χ0v) is 7.56. The average molecular weight is 198 g/mol. The molecule has 0 aliphatic rings. The number of nitrogens with two attached hydrogens (primary N) is 1. The van der Waals surface area contributed by atoms with Crippen molar-refractivity contribution in [3.8, 4) is 11.5 Å². The second kappa shape index (κ2) is 4.43. The number of aliphatic hydroxyl groups is 1. The van der Waals surface area contributed by atoms with E-state index in [1.807, 2.05) is 0 Å². The second-order valence-electron chi connectivity index (χ2n) is 2.33. The second-order valence-corrected chi connectivity index (χ2v) is 2.33. The fraction of sp³-hybridized carbons (Fsp3) is 0.250. The molecule has 1 aromatic heterocycles. The molecule has 1 rings (SSSR count). The van der Waals surface area contributed by atoms with Gasteiger partial charge in [-0.1, -0.05) is 0 Å². The van der Waals surface area contributed by atoms with E-state index in [0.717, 1.165) is 0 Å². The van der Waals surface area contributed by atoms with Crippen LogP contribution in [0, 0.1) is 0 Å². The van der Waals surface area contributed by atoms with Crippen LogP contribution in [0.15, 0.2) is 12.3 Å². The van der Waals surface area contributed by atoms with Gasteiger partial charge >= 0.3 is 0 Å². The van der Waals surface area contributed by atoms with Gasteiger partial charge in [0.1, 0.15) is 0 Å². The molecule has 0 unspecified atom stereocenters. The molecular weight excluding hydrogens is 188 g/mol. The number of amides is 1. The molecular formula is C8H10N2O4. The van der Waals surface area contributed by atoms with Gasteiger partial charge in [-0.25, -0.2) is 4.98 Å². The number of hydrogen-bond donors (Lipinski definition) is 2. The molecule has 14 heavy (non-hydrogen) atoms. The Morgan fingerprint density at radius 3 is 2.93 bits per heavy atom. The highest BCUT2D eigenvalue weighted by atomic mass is 16.6. The van der Waals surface area contributed by atoms with E-state index in [9.17, 15) is 4.79 Å². The Bertz CT molecular complexity index is 340. The number of ether oxygens (including phenoxy) is 2. The largest absolute Gasteiger partial charge is 0.493 e. The molecule has 6 heteroatoms. The van der Waals surface area contributed by atoms with Crippen LogP contribution < -0.4 is 15.2 Å². The van der Waals surface area contributed by atoms with Gasteiger partial charge in [0.05, 0.1) is 7.11 Å². The van der Waals surface area contributed by atoms with E-state index < -0.39 is 12.7 Å². The Labute approximate surface area is 80.3 Å². The monoisotopic (exact) mass is 198 g/mol. The highest BCUT2D eigenvalue weighted by Crippen LogP contribution is 2.28. The Balaban J connectivity index is 3.20. The van der Waals surface area contributed by atoms with Crippen molar-refractivity contribution >= 4 is 5.91 Å². The summed E-state index contributed by atoms with van der Waals surface area (Å²) in [6.07, 6.45) is 1.36. The van der Waals surface area contributed by atoms with Crippen LogP contribution in [0.25, 0.3) is 0 Å². The maximum Gasteiger partial charge on any atom is 0.271 e. The summed E-state index contributed by atoms with van der Waals surface area (Å²) in [4.78, 5) is 14.6. The third-order valence-electron chi connectivity index (χ3n) is 1.53. The predicted octanol–water partition coefficient (Wildman–Crippen LogP) is -0.482. The smallest absolute Gasteiger partial charge is 0.271 e. The third-order valence-corrected chi connectivity index (χ3v) is 1.53. The maximum absolute atomic E-state index is 10.9. The fourth-order valence-corrected chi connectivity index (χ4v) is 0.971. The normalized spacial score (nSPS) is 9.57. The molecule has 0 fully saturated rings. The molecule has 0 bridgehead atoms. The summed E-state index contributed by atoms with van der Waals surface area (Å²) in [5, 5.41) is 8.59. The van der Waals surface area contributed by atoms with Crippen molar-refractivity contribution < 1.29 is 19.4 Å². The Hall–Kier alpha value is -1.82. The first kappa shape index (κ1) is 10.3. The first-order chi connectivity index (χ1) is 6.70. The van der Waals surface area contributed by atoms with Gasteiger partial charge < -0.3 is 20.3 Å². The average Bonchev–Trinajstić information content (AvgIpc) is 2.18. The van der Waals surface area contributed by atoms with E-state index in [1.54, 1.807) is 0 Å². The molecule has 1 aromatic rings. The van der Waals surface area contributed by atoms with E-state index in [4.69, 9.17) is 20.3 Å². The zero-order chi connectivity index (χ0) is 10.6. The van der Waals surface area contributed by atoms with Crippen molar-refractivity contribution in [3.05, 3.63) is 18.0 Å². The van der Waals surface area contributed by atoms with Crippen molar-refractivity contribution in [1.82, 2.24) is 4.98 Å². The number of carbonyl (C=O) groups excluding carboxylic acids is 1. The summed E-state index contributed by atoms with van der Waals surface area (Å²) >= 11 is 0. The summed E-state index contributed by atoms with van der Waals surface area (Å²) in [6.45, 7) is -0.581. The summed E-state index contributed by atoms with van der Waals surface area (Å²) < 4.78 is 9.69. The first-order valence-electron chi connectivity index (χ1n) is 3.77. The predicted molar refractivity (Wildman–Crippen MR) is 47.0 cm³/mol. The van der Waals surface area contributed by atoms with Crippen LogP contribution in [-0.2, 0) is 0 Å². The number of pyridine rings is 1. The van der Waals surface area contributed by atoms with Crippen LogP contribution >= 0.6 is 0 Å². The Morgan fingerprint density at radius 1 is 1.71 bits per heavy atom. The lowest BCUT2D eigenvalue weighted by atomic mass is 10.3. The standard InChI is InChI=1S/C8H10N2O4/c1-13-5-2-3-10-6(8(9)12)7(5)14-4-11/h2-3,11H,4H2,1H3,(H2,9,12). The summed E-state index contributed by atoms with van der Waals surface area (Å²) in [5.74, 6) is -0.403. The van der Waals surface area contributed by atoms with E-state index >= 15 is 0 Å². The van der Waals surface area contributed by atoms with Crippen LogP contribution in [-0.4, -0.2) is 29.9 Å². The number of aliphatic hydroxyl groups excluding tert-OH is 1. The molecule has 0 atom stereocenters. The number of carbonyl (C=O) groups is 1. The van der Waals surface area contributed by atoms with E-state index in [-0.39, 0.29) is 11.4 Å². The minimum absolute atomic E-state index is 0.0463. The summed E-state index contributed by atoms with van der Waals surface area (Å²) in [7, 11) is 1.41. The lowest BCUT2D eigenvalue weighted by Crippen LogP contribution is -2.15. The minimum Gasteiger partial charge on any atom is -0.493 e. The molecule has 1 amide bonds. The highest BCUT2D eigenvalue weighted by molar-refractivity contribution is 5.94. The van der Waals surface area contributed by atoms with Crippen molar-refractivity contribution in [2.24, 2.45) is 5.73 Å². The van der Waals surface area contributed by atoms with Crippen molar-refractivity contribution in [2.75, 3.05) is 13.9 Å². The molecule has 0 aromatic carbocycles. The molecule has 0 spiro atoms. The van der Waals surface area contributed by atoms with Gasteiger partial charge in [-0.15, -0.1) is 0 Å². The maximum atomic E-state index is 10.9. The fourth-order valence-electron chi connectivity index (χ4n) is 0.971. The quantitative estimate of drug-likeness (QED) is 0.637. The molecule has 0 saturated heterocycles. The topological polar surface area (TPSA) is 94.7 Å². The number of nitrogens with zero attached hydrogens (tertiary/aromatic N) is 1. The SMILES string of the molecule is COc1ccnc(C(N)=O)c1OCO. The number of methoxy groups -OCH3 is 1. The van der Waals surface area contributed by atoms with Gasteiger partial charge in [-0.2, -0.15) is 0 Å². The number of primary amides is 1. The van der Waals surface area contributed by atoms with Crippen LogP contribution in [0.1, 0.15) is 10.5 Å². The summed E-state index contributed by atoms with van der Waals surface area (Å²) in [5.41, 5.74) is 4.98. The number of rotatable bonds is 4. The Morgan fingerprint density at radius 2 is 2.43 bits per heavy atom. The van der Waals surface area contributed by atoms with Gasteiger partial charge in [0.25, 0.3) is 5.91 Å². The molecule has 1 heterocycles. The zero-order valence-electron chi connectivity index (χ0n) is 7.56. The molecule has 0 saturated carbocycles. The van der Waals surface area contributed by atoms with Crippen LogP contribution in [0.2, 0.25) is 0 Å². The van der Waals surface area contributed by atoms with Gasteiger partial charge in [-0.05, 0) is 0 Å². The van der Waals surface area contributed by atoms with Gasteiger partial charge in [0, 0.05) is 12.3 Å². The molecule has 6 nitrogen and oxygen atoms in total. The molecule has 0 radical (unpaired) electrons. The van der Waals surface area contributed by atoms with Gasteiger partial charge in [0.15, 0.2) is 24.0 Å². The molecule has 0 aliphatic heterocycles. The minimum atomic E-state index is -0.743. The molecule has 0 aliphatic carbocycles. The first-order valence-corrected chi connectivity index (χ1v) is 3.77. The van der Waals surface area contributed by atoms with E-state index in [1.165, 1.54) is 19.4 Å².